The van der Waals surface area contributed by atoms with Crippen LogP contribution < -0.4 is 11.1 Å². The Labute approximate surface area is 117 Å². The van der Waals surface area contributed by atoms with E-state index in [-0.39, 0.29) is 0 Å². The molecular weight excluding hydrogens is 258 g/mol. The van der Waals surface area contributed by atoms with Crippen molar-refractivity contribution in [3.05, 3.63) is 52.7 Å². The standard InChI is InChI=1S/C15H16ClN3/c16-14-8-12(17)9-18-15(14)19-13-6-5-10-3-1-2-4-11(10)7-13/h1-4,8-9,13H,5-7,17H2,(H,18,19). The van der Waals surface area contributed by atoms with Crippen LogP contribution in [-0.4, -0.2) is 11.0 Å². The molecule has 0 spiro atoms. The molecule has 1 aromatic heterocycles. The first-order valence-corrected chi connectivity index (χ1v) is 6.84. The molecule has 4 heteroatoms. The minimum atomic E-state index is 0.378. The molecule has 0 saturated heterocycles. The van der Waals surface area contributed by atoms with Crippen molar-refractivity contribution in [3.63, 3.8) is 0 Å². The Kier molecular flexibility index (Phi) is 3.30. The zero-order chi connectivity index (χ0) is 13.2. The molecule has 1 aromatic carbocycles. The molecule has 98 valence electrons. The second kappa shape index (κ2) is 5.10. The number of nitrogens with zero attached hydrogens (tertiary/aromatic N) is 1. The number of anilines is 2. The Morgan fingerprint density at radius 3 is 2.84 bits per heavy atom. The van der Waals surface area contributed by atoms with Crippen LogP contribution in [0.5, 0.6) is 0 Å². The largest absolute Gasteiger partial charge is 0.397 e. The van der Waals surface area contributed by atoms with Crippen LogP contribution in [0.3, 0.4) is 0 Å². The van der Waals surface area contributed by atoms with Gasteiger partial charge >= 0.3 is 0 Å². The summed E-state index contributed by atoms with van der Waals surface area (Å²) in [5.74, 6) is 0.722. The highest BCUT2D eigenvalue weighted by molar-refractivity contribution is 6.33. The van der Waals surface area contributed by atoms with E-state index in [1.807, 2.05) is 0 Å². The maximum absolute atomic E-state index is 6.14. The van der Waals surface area contributed by atoms with Gasteiger partial charge in [0.1, 0.15) is 5.82 Å². The average molecular weight is 274 g/mol. The van der Waals surface area contributed by atoms with Gasteiger partial charge in [-0.05, 0) is 36.5 Å². The van der Waals surface area contributed by atoms with Crippen molar-refractivity contribution in [2.45, 2.75) is 25.3 Å². The Morgan fingerprint density at radius 2 is 2.05 bits per heavy atom. The molecule has 0 aliphatic heterocycles. The molecule has 1 aliphatic carbocycles. The van der Waals surface area contributed by atoms with Crippen LogP contribution in [0, 0.1) is 0 Å². The summed E-state index contributed by atoms with van der Waals surface area (Å²) in [6.07, 6.45) is 4.84. The van der Waals surface area contributed by atoms with Gasteiger partial charge < -0.3 is 11.1 Å². The van der Waals surface area contributed by atoms with Crippen molar-refractivity contribution >= 4 is 23.1 Å². The summed E-state index contributed by atoms with van der Waals surface area (Å²) in [5.41, 5.74) is 9.11. The molecule has 1 atom stereocenters. The number of rotatable bonds is 2. The van der Waals surface area contributed by atoms with Crippen LogP contribution in [-0.2, 0) is 12.8 Å². The summed E-state index contributed by atoms with van der Waals surface area (Å²) in [5, 5.41) is 4.00. The van der Waals surface area contributed by atoms with E-state index in [4.69, 9.17) is 17.3 Å². The third-order valence-corrected chi connectivity index (χ3v) is 3.84. The molecule has 0 fully saturated rings. The fourth-order valence-corrected chi connectivity index (χ4v) is 2.80. The van der Waals surface area contributed by atoms with E-state index in [0.29, 0.717) is 16.8 Å². The monoisotopic (exact) mass is 273 g/mol. The minimum absolute atomic E-state index is 0.378. The molecule has 2 aromatic rings. The topological polar surface area (TPSA) is 50.9 Å². The maximum atomic E-state index is 6.14. The van der Waals surface area contributed by atoms with Gasteiger partial charge in [-0.25, -0.2) is 4.98 Å². The van der Waals surface area contributed by atoms with Gasteiger partial charge in [-0.1, -0.05) is 35.9 Å². The number of halogens is 1. The first-order chi connectivity index (χ1) is 9.22. The number of aryl methyl sites for hydroxylation is 1. The number of nitrogens with two attached hydrogens (primary N) is 1. The van der Waals surface area contributed by atoms with Crippen molar-refractivity contribution in [2.75, 3.05) is 11.1 Å². The van der Waals surface area contributed by atoms with Gasteiger partial charge in [-0.3, -0.25) is 0 Å². The summed E-state index contributed by atoms with van der Waals surface area (Å²) in [6, 6.07) is 10.7. The van der Waals surface area contributed by atoms with Crippen molar-refractivity contribution in [3.8, 4) is 0 Å². The third-order valence-electron chi connectivity index (χ3n) is 3.55. The van der Waals surface area contributed by atoms with Crippen molar-refractivity contribution in [1.29, 1.82) is 0 Å². The Morgan fingerprint density at radius 1 is 1.26 bits per heavy atom. The number of nitrogen functional groups attached to an aromatic ring is 1. The number of aromatic nitrogens is 1. The van der Waals surface area contributed by atoms with Gasteiger partial charge in [0.05, 0.1) is 16.9 Å². The van der Waals surface area contributed by atoms with Crippen LogP contribution in [0.25, 0.3) is 0 Å². The molecule has 3 nitrogen and oxygen atoms in total. The lowest BCUT2D eigenvalue weighted by atomic mass is 9.88. The third kappa shape index (κ3) is 2.66. The molecule has 3 N–H and O–H groups in total. The van der Waals surface area contributed by atoms with Crippen LogP contribution in [0.15, 0.2) is 36.5 Å². The van der Waals surface area contributed by atoms with Crippen molar-refractivity contribution < 1.29 is 0 Å². The summed E-state index contributed by atoms with van der Waals surface area (Å²) < 4.78 is 0. The van der Waals surface area contributed by atoms with Gasteiger partial charge in [0, 0.05) is 6.04 Å². The van der Waals surface area contributed by atoms with Crippen LogP contribution in [0.1, 0.15) is 17.5 Å². The molecule has 1 aliphatic rings. The predicted molar refractivity (Wildman–Crippen MR) is 79.5 cm³/mol. The molecule has 1 unspecified atom stereocenters. The summed E-state index contributed by atoms with van der Waals surface area (Å²) in [4.78, 5) is 4.26. The molecule has 0 amide bonds. The number of pyridine rings is 1. The number of hydrogen-bond donors (Lipinski definition) is 2. The Hall–Kier alpha value is -1.74. The highest BCUT2D eigenvalue weighted by atomic mass is 35.5. The quantitative estimate of drug-likeness (QED) is 0.883. The highest BCUT2D eigenvalue weighted by Crippen LogP contribution is 2.26. The van der Waals surface area contributed by atoms with E-state index >= 15 is 0 Å². The molecule has 1 heterocycles. The zero-order valence-electron chi connectivity index (χ0n) is 10.6. The first kappa shape index (κ1) is 12.3. The molecule has 0 radical (unpaired) electrons. The van der Waals surface area contributed by atoms with E-state index in [2.05, 4.69) is 34.6 Å². The number of fused-ring (bicyclic) bond motifs is 1. The summed E-state index contributed by atoms with van der Waals surface area (Å²) >= 11 is 6.14. The van der Waals surface area contributed by atoms with E-state index < -0.39 is 0 Å². The van der Waals surface area contributed by atoms with Gasteiger partial charge in [0.15, 0.2) is 0 Å². The van der Waals surface area contributed by atoms with Crippen LogP contribution in [0.4, 0.5) is 11.5 Å². The second-order valence-electron chi connectivity index (χ2n) is 4.95. The molecule has 19 heavy (non-hydrogen) atoms. The lowest BCUT2D eigenvalue weighted by molar-refractivity contribution is 0.609. The second-order valence-corrected chi connectivity index (χ2v) is 5.36. The fraction of sp³-hybridized carbons (Fsp3) is 0.267. The predicted octanol–water partition coefficient (Wildman–Crippen LogP) is 3.29. The van der Waals surface area contributed by atoms with E-state index in [9.17, 15) is 0 Å². The van der Waals surface area contributed by atoms with Gasteiger partial charge in [-0.2, -0.15) is 0 Å². The minimum Gasteiger partial charge on any atom is -0.397 e. The lowest BCUT2D eigenvalue weighted by Gasteiger charge is -2.26. The van der Waals surface area contributed by atoms with Crippen LogP contribution >= 0.6 is 11.6 Å². The number of nitrogens with one attached hydrogen (secondary N) is 1. The first-order valence-electron chi connectivity index (χ1n) is 6.47. The average Bonchev–Trinajstić information content (AvgIpc) is 2.42. The molecule has 3 rings (SSSR count). The normalized spacial score (nSPS) is 17.8. The van der Waals surface area contributed by atoms with Gasteiger partial charge in [-0.15, -0.1) is 0 Å². The van der Waals surface area contributed by atoms with E-state index in [0.717, 1.165) is 25.1 Å². The molecule has 0 saturated carbocycles. The highest BCUT2D eigenvalue weighted by Gasteiger charge is 2.19. The van der Waals surface area contributed by atoms with Gasteiger partial charge in [0.2, 0.25) is 0 Å². The lowest BCUT2D eigenvalue weighted by Crippen LogP contribution is -2.27. The van der Waals surface area contributed by atoms with Gasteiger partial charge in [0.25, 0.3) is 0 Å². The zero-order valence-corrected chi connectivity index (χ0v) is 11.3. The maximum Gasteiger partial charge on any atom is 0.145 e. The van der Waals surface area contributed by atoms with E-state index in [1.165, 1.54) is 11.1 Å². The molecular formula is C15H16ClN3. The van der Waals surface area contributed by atoms with Crippen molar-refractivity contribution in [2.24, 2.45) is 0 Å². The smallest absolute Gasteiger partial charge is 0.145 e. The SMILES string of the molecule is Nc1cnc(NC2CCc3ccccc3C2)c(Cl)c1. The number of benzene rings is 1. The van der Waals surface area contributed by atoms with Crippen molar-refractivity contribution in [1.82, 2.24) is 4.98 Å². The summed E-state index contributed by atoms with van der Waals surface area (Å²) in [6.45, 7) is 0. The number of hydrogen-bond acceptors (Lipinski definition) is 3. The Bertz CT molecular complexity index is 598. The Balaban J connectivity index is 1.75. The fourth-order valence-electron chi connectivity index (χ4n) is 2.57. The van der Waals surface area contributed by atoms with E-state index in [1.54, 1.807) is 12.3 Å². The molecule has 0 bridgehead atoms. The van der Waals surface area contributed by atoms with Crippen LogP contribution in [0.2, 0.25) is 5.02 Å². The summed E-state index contributed by atoms with van der Waals surface area (Å²) in [7, 11) is 0.